The molecule has 1 atom stereocenters. The number of aromatic nitrogens is 4. The number of pyridine rings is 4. The number of nitrogens with one attached hydrogen (secondary N) is 1. The summed E-state index contributed by atoms with van der Waals surface area (Å²) in [6.45, 7) is 7.00. The molecule has 0 aromatic carbocycles. The largest absolute Gasteiger partial charge is 0.374 e. The van der Waals surface area contributed by atoms with E-state index in [1.807, 2.05) is 25.1 Å². The molecule has 0 spiro atoms. The number of halogens is 2. The predicted octanol–water partition coefficient (Wildman–Crippen LogP) is 5.61. The standard InChI is InChI=1S/C23H22ClFN5OP/c1-13(17-7-5-6-10-26-17)29-23-20(24)14(2)28-18-11-16(25)21(30-22(18)23)15-8-9-19(27-12-15)32(3,4)31/h5-13H,1-4H3,(H,28,29). The van der Waals surface area contributed by atoms with Crippen LogP contribution in [0.3, 0.4) is 0 Å². The molecule has 0 radical (unpaired) electrons. The number of rotatable bonds is 5. The van der Waals surface area contributed by atoms with Gasteiger partial charge in [0, 0.05) is 24.0 Å². The zero-order valence-corrected chi connectivity index (χ0v) is 19.7. The van der Waals surface area contributed by atoms with Crippen molar-refractivity contribution in [1.82, 2.24) is 19.9 Å². The summed E-state index contributed by atoms with van der Waals surface area (Å²) in [5.41, 5.74) is 3.86. The van der Waals surface area contributed by atoms with Crippen molar-refractivity contribution in [2.75, 3.05) is 18.6 Å². The smallest absolute Gasteiger partial charge is 0.151 e. The molecule has 0 aliphatic heterocycles. The van der Waals surface area contributed by atoms with E-state index in [9.17, 15) is 8.96 Å². The van der Waals surface area contributed by atoms with Crippen LogP contribution in [0.2, 0.25) is 5.02 Å². The number of anilines is 1. The van der Waals surface area contributed by atoms with Crippen molar-refractivity contribution in [1.29, 1.82) is 0 Å². The quantitative estimate of drug-likeness (QED) is 0.383. The lowest BCUT2D eigenvalue weighted by Gasteiger charge is -2.18. The van der Waals surface area contributed by atoms with E-state index < -0.39 is 13.0 Å². The highest BCUT2D eigenvalue weighted by atomic mass is 35.5. The number of nitrogens with zero attached hydrogens (tertiary/aromatic N) is 4. The van der Waals surface area contributed by atoms with Crippen LogP contribution in [0.5, 0.6) is 0 Å². The third-order valence-electron chi connectivity index (χ3n) is 5.08. The molecule has 0 fully saturated rings. The Bertz CT molecular complexity index is 1340. The molecule has 164 valence electrons. The van der Waals surface area contributed by atoms with Gasteiger partial charge in [-0.2, -0.15) is 0 Å². The van der Waals surface area contributed by atoms with E-state index in [2.05, 4.69) is 25.3 Å². The van der Waals surface area contributed by atoms with Gasteiger partial charge in [-0.15, -0.1) is 0 Å². The summed E-state index contributed by atoms with van der Waals surface area (Å²) < 4.78 is 27.2. The maximum absolute atomic E-state index is 15.0. The van der Waals surface area contributed by atoms with E-state index >= 15 is 0 Å². The van der Waals surface area contributed by atoms with Crippen LogP contribution in [0.15, 0.2) is 48.8 Å². The topological polar surface area (TPSA) is 80.7 Å². The van der Waals surface area contributed by atoms with Crippen molar-refractivity contribution in [2.24, 2.45) is 0 Å². The van der Waals surface area contributed by atoms with E-state index in [-0.39, 0.29) is 11.7 Å². The molecular weight excluding hydrogens is 448 g/mol. The van der Waals surface area contributed by atoms with Gasteiger partial charge in [-0.05, 0) is 51.4 Å². The Morgan fingerprint density at radius 1 is 1.12 bits per heavy atom. The first kappa shape index (κ1) is 22.3. The number of hydrogen-bond acceptors (Lipinski definition) is 6. The van der Waals surface area contributed by atoms with E-state index in [4.69, 9.17) is 11.6 Å². The van der Waals surface area contributed by atoms with Crippen molar-refractivity contribution in [2.45, 2.75) is 19.9 Å². The fourth-order valence-corrected chi connectivity index (χ4v) is 4.32. The summed E-state index contributed by atoms with van der Waals surface area (Å²) in [6.07, 6.45) is 3.21. The average molecular weight is 470 g/mol. The fourth-order valence-electron chi connectivity index (χ4n) is 3.36. The van der Waals surface area contributed by atoms with Crippen LogP contribution in [-0.4, -0.2) is 33.3 Å². The number of fused-ring (bicyclic) bond motifs is 1. The van der Waals surface area contributed by atoms with Gasteiger partial charge in [0.05, 0.1) is 39.1 Å². The summed E-state index contributed by atoms with van der Waals surface area (Å²) in [7, 11) is -2.51. The highest BCUT2D eigenvalue weighted by molar-refractivity contribution is 7.69. The molecule has 6 nitrogen and oxygen atoms in total. The Kier molecular flexibility index (Phi) is 5.97. The maximum Gasteiger partial charge on any atom is 0.151 e. The van der Waals surface area contributed by atoms with E-state index in [1.165, 1.54) is 12.3 Å². The summed E-state index contributed by atoms with van der Waals surface area (Å²) in [4.78, 5) is 17.6. The van der Waals surface area contributed by atoms with Crippen LogP contribution < -0.4 is 10.8 Å². The summed E-state index contributed by atoms with van der Waals surface area (Å²) >= 11 is 6.59. The molecule has 4 aromatic rings. The van der Waals surface area contributed by atoms with Crippen LogP contribution >= 0.6 is 18.7 Å². The molecule has 0 saturated heterocycles. The molecule has 0 bridgehead atoms. The maximum atomic E-state index is 15.0. The molecule has 32 heavy (non-hydrogen) atoms. The summed E-state index contributed by atoms with van der Waals surface area (Å²) in [5.74, 6) is -0.527. The van der Waals surface area contributed by atoms with Gasteiger partial charge in [0.1, 0.15) is 18.4 Å². The van der Waals surface area contributed by atoms with Gasteiger partial charge < -0.3 is 9.88 Å². The van der Waals surface area contributed by atoms with Crippen LogP contribution in [-0.2, 0) is 4.57 Å². The second kappa shape index (κ2) is 8.57. The molecule has 4 aromatic heterocycles. The van der Waals surface area contributed by atoms with Crippen molar-refractivity contribution in [3.8, 4) is 11.3 Å². The van der Waals surface area contributed by atoms with Gasteiger partial charge >= 0.3 is 0 Å². The predicted molar refractivity (Wildman–Crippen MR) is 128 cm³/mol. The van der Waals surface area contributed by atoms with E-state index in [0.29, 0.717) is 38.4 Å². The summed E-state index contributed by atoms with van der Waals surface area (Å²) in [6, 6.07) is 10.2. The Morgan fingerprint density at radius 3 is 2.53 bits per heavy atom. The van der Waals surface area contributed by atoms with Gasteiger partial charge in [0.15, 0.2) is 5.82 Å². The van der Waals surface area contributed by atoms with Crippen LogP contribution in [0.25, 0.3) is 22.3 Å². The normalized spacial score (nSPS) is 12.7. The third-order valence-corrected chi connectivity index (χ3v) is 6.91. The zero-order valence-electron chi connectivity index (χ0n) is 18.1. The molecule has 0 aliphatic rings. The molecular formula is C23H22ClFN5OP. The fraction of sp³-hybridized carbons (Fsp3) is 0.217. The lowest BCUT2D eigenvalue weighted by molar-refractivity contribution is 0.588. The summed E-state index contributed by atoms with van der Waals surface area (Å²) in [5, 5.41) is 3.78. The van der Waals surface area contributed by atoms with Gasteiger partial charge in [0.25, 0.3) is 0 Å². The first-order valence-electron chi connectivity index (χ1n) is 10.0. The van der Waals surface area contributed by atoms with E-state index in [0.717, 1.165) is 5.69 Å². The van der Waals surface area contributed by atoms with Crippen molar-refractivity contribution < 1.29 is 8.96 Å². The minimum atomic E-state index is -2.51. The Morgan fingerprint density at radius 2 is 1.91 bits per heavy atom. The monoisotopic (exact) mass is 469 g/mol. The molecule has 0 aliphatic carbocycles. The van der Waals surface area contributed by atoms with Crippen LogP contribution in [0, 0.1) is 12.7 Å². The average Bonchev–Trinajstić information content (AvgIpc) is 2.76. The molecule has 9 heteroatoms. The molecule has 0 amide bonds. The zero-order chi connectivity index (χ0) is 23.0. The third kappa shape index (κ3) is 4.36. The van der Waals surface area contributed by atoms with Gasteiger partial charge in [0.2, 0.25) is 0 Å². The van der Waals surface area contributed by atoms with Crippen LogP contribution in [0.4, 0.5) is 10.1 Å². The molecule has 1 unspecified atom stereocenters. The number of aryl methyl sites for hydroxylation is 1. The lowest BCUT2D eigenvalue weighted by atomic mass is 10.1. The highest BCUT2D eigenvalue weighted by Gasteiger charge is 2.20. The minimum Gasteiger partial charge on any atom is -0.374 e. The number of hydrogen-bond donors (Lipinski definition) is 1. The Labute approximate surface area is 190 Å². The Hall–Kier alpha value is -2.89. The van der Waals surface area contributed by atoms with E-state index in [1.54, 1.807) is 38.6 Å². The molecule has 1 N–H and O–H groups in total. The second-order valence-corrected chi connectivity index (χ2v) is 11.5. The van der Waals surface area contributed by atoms with Crippen molar-refractivity contribution in [3.05, 3.63) is 71.0 Å². The second-order valence-electron chi connectivity index (χ2n) is 7.95. The van der Waals surface area contributed by atoms with Gasteiger partial charge in [-0.25, -0.2) is 14.4 Å². The first-order valence-corrected chi connectivity index (χ1v) is 13.0. The van der Waals surface area contributed by atoms with Crippen molar-refractivity contribution in [3.63, 3.8) is 0 Å². The SMILES string of the molecule is Cc1nc2cc(F)c(-c3ccc(P(C)(C)=O)nc3)nc2c(NC(C)c2ccccn2)c1Cl. The lowest BCUT2D eigenvalue weighted by Crippen LogP contribution is -2.11. The van der Waals surface area contributed by atoms with Gasteiger partial charge in [-0.3, -0.25) is 9.97 Å². The first-order chi connectivity index (χ1) is 15.1. The minimum absolute atomic E-state index is 0.119. The van der Waals surface area contributed by atoms with Crippen LogP contribution in [0.1, 0.15) is 24.4 Å². The van der Waals surface area contributed by atoms with Crippen molar-refractivity contribution >= 4 is 40.9 Å². The highest BCUT2D eigenvalue weighted by Crippen LogP contribution is 2.37. The Balaban J connectivity index is 1.84. The van der Waals surface area contributed by atoms with Gasteiger partial charge in [-0.1, -0.05) is 17.7 Å². The molecule has 4 rings (SSSR count). The molecule has 4 heterocycles. The molecule has 0 saturated carbocycles.